The minimum atomic E-state index is -2.56. The summed E-state index contributed by atoms with van der Waals surface area (Å²) < 4.78 is 26.3. The molecule has 172 valence electrons. The van der Waals surface area contributed by atoms with E-state index in [1.807, 2.05) is 24.3 Å². The first kappa shape index (κ1) is 22.1. The van der Waals surface area contributed by atoms with Crippen molar-refractivity contribution in [3.63, 3.8) is 0 Å². The second-order valence-corrected chi connectivity index (χ2v) is 8.49. The van der Waals surface area contributed by atoms with Crippen molar-refractivity contribution in [2.24, 2.45) is 0 Å². The maximum absolute atomic E-state index is 13.1. The summed E-state index contributed by atoms with van der Waals surface area (Å²) in [6.07, 6.45) is 1.71. The summed E-state index contributed by atoms with van der Waals surface area (Å²) in [5, 5.41) is 3.64. The van der Waals surface area contributed by atoms with Crippen LogP contribution in [-0.4, -0.2) is 33.9 Å². The number of fused-ring (bicyclic) bond motifs is 1. The highest BCUT2D eigenvalue weighted by Gasteiger charge is 2.15. The molecular formula is C27H24F2N4O. The summed E-state index contributed by atoms with van der Waals surface area (Å²) in [5.74, 6) is 0.143. The first-order valence-electron chi connectivity index (χ1n) is 11.3. The van der Waals surface area contributed by atoms with Crippen LogP contribution in [0.25, 0.3) is 22.2 Å². The fourth-order valence-electron chi connectivity index (χ4n) is 4.30. The Morgan fingerprint density at radius 2 is 1.82 bits per heavy atom. The van der Waals surface area contributed by atoms with Gasteiger partial charge in [0.15, 0.2) is 0 Å². The van der Waals surface area contributed by atoms with E-state index in [2.05, 4.69) is 20.2 Å². The second-order valence-electron chi connectivity index (χ2n) is 8.49. The van der Waals surface area contributed by atoms with Gasteiger partial charge in [-0.25, -0.2) is 18.7 Å². The monoisotopic (exact) mass is 458 g/mol. The number of nitrogens with one attached hydrogen (secondary N) is 1. The Hall–Kier alpha value is -3.71. The number of para-hydroxylation sites is 1. The van der Waals surface area contributed by atoms with Gasteiger partial charge < -0.3 is 5.32 Å². The zero-order valence-electron chi connectivity index (χ0n) is 18.5. The molecule has 1 amide bonds. The van der Waals surface area contributed by atoms with E-state index in [0.29, 0.717) is 28.2 Å². The zero-order valence-corrected chi connectivity index (χ0v) is 18.5. The van der Waals surface area contributed by atoms with Crippen molar-refractivity contribution in [1.29, 1.82) is 0 Å². The number of hydrogen-bond acceptors (Lipinski definition) is 4. The molecule has 1 N–H and O–H groups in total. The second kappa shape index (κ2) is 9.65. The molecule has 0 radical (unpaired) electrons. The number of amides is 1. The van der Waals surface area contributed by atoms with Gasteiger partial charge in [-0.1, -0.05) is 42.5 Å². The average Bonchev–Trinajstić information content (AvgIpc) is 3.37. The van der Waals surface area contributed by atoms with Gasteiger partial charge in [-0.05, 0) is 55.8 Å². The van der Waals surface area contributed by atoms with E-state index < -0.39 is 6.43 Å². The number of nitrogens with zero attached hydrogens (tertiary/aromatic N) is 3. The lowest BCUT2D eigenvalue weighted by molar-refractivity contribution is 0.102. The van der Waals surface area contributed by atoms with Crippen LogP contribution >= 0.6 is 0 Å². The van der Waals surface area contributed by atoms with E-state index in [4.69, 9.17) is 0 Å². The topological polar surface area (TPSA) is 58.1 Å². The van der Waals surface area contributed by atoms with Gasteiger partial charge in [-0.2, -0.15) is 0 Å². The number of likely N-dealkylation sites (tertiary alicyclic amines) is 1. The van der Waals surface area contributed by atoms with Crippen molar-refractivity contribution in [3.8, 4) is 11.3 Å². The quantitative estimate of drug-likeness (QED) is 0.380. The van der Waals surface area contributed by atoms with Gasteiger partial charge in [-0.15, -0.1) is 0 Å². The van der Waals surface area contributed by atoms with Crippen molar-refractivity contribution in [2.45, 2.75) is 25.8 Å². The molecule has 1 fully saturated rings. The first-order chi connectivity index (χ1) is 16.6. The van der Waals surface area contributed by atoms with Crippen LogP contribution in [0.1, 0.15) is 40.8 Å². The van der Waals surface area contributed by atoms with Crippen molar-refractivity contribution >= 4 is 22.6 Å². The molecule has 5 nitrogen and oxygen atoms in total. The van der Waals surface area contributed by atoms with Gasteiger partial charge >= 0.3 is 0 Å². The molecule has 2 aromatic carbocycles. The number of alkyl halides is 2. The largest absolute Gasteiger partial charge is 0.306 e. The highest BCUT2D eigenvalue weighted by atomic mass is 19.3. The van der Waals surface area contributed by atoms with Crippen molar-refractivity contribution in [2.75, 3.05) is 18.4 Å². The Balaban J connectivity index is 1.39. The maximum atomic E-state index is 13.1. The van der Waals surface area contributed by atoms with E-state index in [9.17, 15) is 13.6 Å². The van der Waals surface area contributed by atoms with Crippen LogP contribution in [0.15, 0.2) is 72.9 Å². The predicted molar refractivity (Wildman–Crippen MR) is 129 cm³/mol. The van der Waals surface area contributed by atoms with Gasteiger partial charge in [0.1, 0.15) is 5.82 Å². The van der Waals surface area contributed by atoms with Crippen LogP contribution in [0.2, 0.25) is 0 Å². The van der Waals surface area contributed by atoms with E-state index in [-0.39, 0.29) is 11.5 Å². The molecule has 0 spiro atoms. The van der Waals surface area contributed by atoms with Crippen molar-refractivity contribution in [1.82, 2.24) is 14.9 Å². The summed E-state index contributed by atoms with van der Waals surface area (Å²) in [6.45, 7) is 3.09. The third-order valence-electron chi connectivity index (χ3n) is 6.07. The Morgan fingerprint density at radius 3 is 2.59 bits per heavy atom. The van der Waals surface area contributed by atoms with Gasteiger partial charge in [0.2, 0.25) is 0 Å². The highest BCUT2D eigenvalue weighted by Crippen LogP contribution is 2.27. The van der Waals surface area contributed by atoms with Gasteiger partial charge in [0.25, 0.3) is 12.3 Å². The SMILES string of the molecule is O=C(Nc1ccc(CN2CCCC2)cn1)c1cccc2ccc(-c3cccc(C(F)F)c3)nc12. The molecule has 1 aliphatic heterocycles. The number of aromatic nitrogens is 2. The number of pyridine rings is 2. The average molecular weight is 459 g/mol. The van der Waals surface area contributed by atoms with Crippen LogP contribution < -0.4 is 5.32 Å². The molecule has 2 aromatic heterocycles. The van der Waals surface area contributed by atoms with Gasteiger partial charge in [0.05, 0.1) is 16.8 Å². The molecule has 3 heterocycles. The molecule has 0 unspecified atom stereocenters. The molecule has 0 bridgehead atoms. The number of carbonyl (C=O) groups is 1. The number of halogens is 2. The van der Waals surface area contributed by atoms with Gasteiger partial charge in [-0.3, -0.25) is 9.69 Å². The van der Waals surface area contributed by atoms with Crippen LogP contribution in [0, 0.1) is 0 Å². The third kappa shape index (κ3) is 4.79. The van der Waals surface area contributed by atoms with Crippen molar-refractivity contribution < 1.29 is 13.6 Å². The number of carbonyl (C=O) groups excluding carboxylic acids is 1. The summed E-state index contributed by atoms with van der Waals surface area (Å²) in [5.41, 5.74) is 3.05. The Kier molecular flexibility index (Phi) is 6.27. The standard InChI is InChI=1S/C27H24F2N4O/c28-26(29)21-7-3-6-20(15-21)23-11-10-19-5-4-8-22(25(19)31-23)27(34)32-24-12-9-18(16-30-24)17-33-13-1-2-14-33/h3-12,15-16,26H,1-2,13-14,17H2,(H,30,32,34). The lowest BCUT2D eigenvalue weighted by Gasteiger charge is -2.14. The molecule has 1 aliphatic rings. The summed E-state index contributed by atoms with van der Waals surface area (Å²) >= 11 is 0. The molecule has 0 atom stereocenters. The van der Waals surface area contributed by atoms with Crippen LogP contribution in [0.5, 0.6) is 0 Å². The fraction of sp³-hybridized carbons (Fsp3) is 0.222. The van der Waals surface area contributed by atoms with E-state index in [1.54, 1.807) is 36.5 Å². The van der Waals surface area contributed by atoms with Crippen LogP contribution in [0.3, 0.4) is 0 Å². The lowest BCUT2D eigenvalue weighted by Crippen LogP contribution is -2.18. The summed E-state index contributed by atoms with van der Waals surface area (Å²) in [7, 11) is 0. The normalized spacial score (nSPS) is 14.1. The highest BCUT2D eigenvalue weighted by molar-refractivity contribution is 6.11. The fourth-order valence-corrected chi connectivity index (χ4v) is 4.30. The van der Waals surface area contributed by atoms with E-state index >= 15 is 0 Å². The van der Waals surface area contributed by atoms with E-state index in [0.717, 1.165) is 30.6 Å². The predicted octanol–water partition coefficient (Wildman–Crippen LogP) is 6.08. The molecule has 0 aliphatic carbocycles. The Bertz CT molecular complexity index is 1320. The maximum Gasteiger partial charge on any atom is 0.263 e. The molecular weight excluding hydrogens is 434 g/mol. The number of benzene rings is 2. The Labute approximate surface area is 196 Å². The smallest absolute Gasteiger partial charge is 0.263 e. The minimum Gasteiger partial charge on any atom is -0.306 e. The van der Waals surface area contributed by atoms with Crippen LogP contribution in [-0.2, 0) is 6.54 Å². The third-order valence-corrected chi connectivity index (χ3v) is 6.07. The summed E-state index contributed by atoms with van der Waals surface area (Å²) in [4.78, 5) is 24.5. The van der Waals surface area contributed by atoms with Gasteiger partial charge in [0, 0.05) is 29.3 Å². The number of anilines is 1. The molecule has 7 heteroatoms. The minimum absolute atomic E-state index is 0.0651. The molecule has 4 aromatic rings. The lowest BCUT2D eigenvalue weighted by atomic mass is 10.0. The molecule has 1 saturated heterocycles. The Morgan fingerprint density at radius 1 is 1.00 bits per heavy atom. The van der Waals surface area contributed by atoms with Crippen molar-refractivity contribution in [3.05, 3.63) is 89.6 Å². The number of rotatable bonds is 6. The molecule has 0 saturated carbocycles. The number of hydrogen-bond donors (Lipinski definition) is 1. The van der Waals surface area contributed by atoms with Crippen LogP contribution in [0.4, 0.5) is 14.6 Å². The zero-order chi connectivity index (χ0) is 23.5. The molecule has 34 heavy (non-hydrogen) atoms. The first-order valence-corrected chi connectivity index (χ1v) is 11.3. The summed E-state index contributed by atoms with van der Waals surface area (Å²) in [6, 6.07) is 18.9. The molecule has 5 rings (SSSR count). The van der Waals surface area contributed by atoms with E-state index in [1.165, 1.54) is 25.0 Å².